The molecule has 1 atom stereocenters. The lowest BCUT2D eigenvalue weighted by Gasteiger charge is -2.13. The van der Waals surface area contributed by atoms with Crippen molar-refractivity contribution in [1.29, 1.82) is 0 Å². The maximum Gasteiger partial charge on any atom is 0.243 e. The highest BCUT2D eigenvalue weighted by molar-refractivity contribution is 9.10. The number of sulfonamides is 1. The van der Waals surface area contributed by atoms with E-state index in [1.54, 1.807) is 19.1 Å². The first-order valence-electron chi connectivity index (χ1n) is 4.55. The molecule has 0 aliphatic rings. The molecule has 0 fully saturated rings. The predicted octanol–water partition coefficient (Wildman–Crippen LogP) is 2.15. The van der Waals surface area contributed by atoms with Gasteiger partial charge in [-0.3, -0.25) is 0 Å². The van der Waals surface area contributed by atoms with Gasteiger partial charge in [0.2, 0.25) is 10.0 Å². The predicted molar refractivity (Wildman–Crippen MR) is 75.2 cm³/mol. The summed E-state index contributed by atoms with van der Waals surface area (Å²) < 4.78 is 26.8. The van der Waals surface area contributed by atoms with Crippen LogP contribution in [0.1, 0.15) is 6.92 Å². The number of nitrogens with one attached hydrogen (secondary N) is 1. The van der Waals surface area contributed by atoms with Crippen LogP contribution in [-0.4, -0.2) is 21.0 Å². The Hall–Kier alpha value is 0.150. The quantitative estimate of drug-likeness (QED) is 0.860. The molecule has 0 saturated carbocycles. The van der Waals surface area contributed by atoms with Crippen LogP contribution < -0.4 is 10.5 Å². The summed E-state index contributed by atoms with van der Waals surface area (Å²) in [5, 5.41) is 0.172. The highest BCUT2D eigenvalue weighted by atomic mass is 79.9. The number of hydrogen-bond acceptors (Lipinski definition) is 3. The fraction of sp³-hybridized carbons (Fsp3) is 0.333. The van der Waals surface area contributed by atoms with E-state index in [0.29, 0.717) is 4.47 Å². The van der Waals surface area contributed by atoms with Crippen molar-refractivity contribution < 1.29 is 8.42 Å². The highest BCUT2D eigenvalue weighted by Gasteiger charge is 2.22. The van der Waals surface area contributed by atoms with Gasteiger partial charge in [-0.05, 0) is 35.0 Å². The standard InChI is InChI=1S/C9H12BrClN2O2S.ClH/c1-6(5-12)13-16(14,15)9-7(10)3-2-4-8(9)11;/h2-4,6,13H,5,12H2,1H3;1H/t6-;/m0./s1. The summed E-state index contributed by atoms with van der Waals surface area (Å²) in [4.78, 5) is 0.0389. The number of benzene rings is 1. The van der Waals surface area contributed by atoms with E-state index in [-0.39, 0.29) is 34.9 Å². The lowest BCUT2D eigenvalue weighted by atomic mass is 10.4. The second-order valence-electron chi connectivity index (χ2n) is 3.31. The topological polar surface area (TPSA) is 72.2 Å². The molecular formula is C9H13BrCl2N2O2S. The molecule has 8 heteroatoms. The van der Waals surface area contributed by atoms with E-state index in [4.69, 9.17) is 17.3 Å². The van der Waals surface area contributed by atoms with Gasteiger partial charge in [0.25, 0.3) is 0 Å². The molecule has 0 aliphatic heterocycles. The molecule has 0 bridgehead atoms. The molecule has 0 aliphatic carbocycles. The van der Waals surface area contributed by atoms with Gasteiger partial charge in [0.05, 0.1) is 5.02 Å². The lowest BCUT2D eigenvalue weighted by Crippen LogP contribution is -2.38. The largest absolute Gasteiger partial charge is 0.329 e. The van der Waals surface area contributed by atoms with Crippen molar-refractivity contribution in [3.8, 4) is 0 Å². The third kappa shape index (κ3) is 4.39. The van der Waals surface area contributed by atoms with E-state index in [1.165, 1.54) is 6.07 Å². The summed E-state index contributed by atoms with van der Waals surface area (Å²) in [6.07, 6.45) is 0. The van der Waals surface area contributed by atoms with Crippen LogP contribution in [0.5, 0.6) is 0 Å². The molecule has 1 aromatic carbocycles. The van der Waals surface area contributed by atoms with Gasteiger partial charge >= 0.3 is 0 Å². The third-order valence-corrected chi connectivity index (χ3v) is 4.94. The first-order valence-corrected chi connectivity index (χ1v) is 7.20. The Balaban J connectivity index is 0.00000256. The number of hydrogen-bond donors (Lipinski definition) is 2. The Labute approximate surface area is 121 Å². The summed E-state index contributed by atoms with van der Waals surface area (Å²) in [7, 11) is -3.64. The molecule has 4 nitrogen and oxygen atoms in total. The van der Waals surface area contributed by atoms with Crippen LogP contribution in [-0.2, 0) is 10.0 Å². The van der Waals surface area contributed by atoms with Crippen molar-refractivity contribution in [2.24, 2.45) is 5.73 Å². The van der Waals surface area contributed by atoms with Crippen LogP contribution in [0.2, 0.25) is 5.02 Å². The minimum atomic E-state index is -3.64. The van der Waals surface area contributed by atoms with Crippen LogP contribution in [0.3, 0.4) is 0 Å². The minimum Gasteiger partial charge on any atom is -0.329 e. The van der Waals surface area contributed by atoms with E-state index in [2.05, 4.69) is 20.7 Å². The van der Waals surface area contributed by atoms with Crippen molar-refractivity contribution in [2.75, 3.05) is 6.54 Å². The Morgan fingerprint density at radius 2 is 2.12 bits per heavy atom. The normalized spacial score (nSPS) is 12.9. The van der Waals surface area contributed by atoms with E-state index in [9.17, 15) is 8.42 Å². The maximum absolute atomic E-state index is 12.0. The van der Waals surface area contributed by atoms with E-state index in [1.807, 2.05) is 0 Å². The van der Waals surface area contributed by atoms with Crippen molar-refractivity contribution in [1.82, 2.24) is 4.72 Å². The van der Waals surface area contributed by atoms with E-state index in [0.717, 1.165) is 0 Å². The fourth-order valence-electron chi connectivity index (χ4n) is 1.11. The summed E-state index contributed by atoms with van der Waals surface area (Å²) >= 11 is 9.02. The average molecular weight is 364 g/mol. The lowest BCUT2D eigenvalue weighted by molar-refractivity contribution is 0.562. The van der Waals surface area contributed by atoms with Crippen molar-refractivity contribution in [2.45, 2.75) is 17.9 Å². The van der Waals surface area contributed by atoms with E-state index < -0.39 is 10.0 Å². The van der Waals surface area contributed by atoms with Crippen LogP contribution in [0.25, 0.3) is 0 Å². The fourth-order valence-corrected chi connectivity index (χ4v) is 4.10. The first-order chi connectivity index (χ1) is 7.38. The van der Waals surface area contributed by atoms with Gasteiger partial charge < -0.3 is 5.73 Å². The molecule has 98 valence electrons. The molecular weight excluding hydrogens is 351 g/mol. The molecule has 1 aromatic rings. The summed E-state index contributed by atoms with van der Waals surface area (Å²) in [5.74, 6) is 0. The summed E-state index contributed by atoms with van der Waals surface area (Å²) in [6.45, 7) is 1.91. The highest BCUT2D eigenvalue weighted by Crippen LogP contribution is 2.29. The minimum absolute atomic E-state index is 0. The maximum atomic E-state index is 12.0. The summed E-state index contributed by atoms with van der Waals surface area (Å²) in [6, 6.07) is 4.47. The Morgan fingerprint density at radius 1 is 1.53 bits per heavy atom. The molecule has 0 spiro atoms. The second-order valence-corrected chi connectivity index (χ2v) is 6.22. The van der Waals surface area contributed by atoms with Crippen LogP contribution in [0.4, 0.5) is 0 Å². The van der Waals surface area contributed by atoms with Crippen molar-refractivity contribution in [3.63, 3.8) is 0 Å². The zero-order valence-electron chi connectivity index (χ0n) is 8.98. The molecule has 0 unspecified atom stereocenters. The molecule has 0 heterocycles. The molecule has 0 saturated heterocycles. The molecule has 17 heavy (non-hydrogen) atoms. The average Bonchev–Trinajstić information content (AvgIpc) is 2.16. The van der Waals surface area contributed by atoms with Crippen LogP contribution in [0, 0.1) is 0 Å². The van der Waals surface area contributed by atoms with Crippen molar-refractivity contribution >= 4 is 50.0 Å². The van der Waals surface area contributed by atoms with Crippen LogP contribution >= 0.6 is 39.9 Å². The van der Waals surface area contributed by atoms with Gasteiger partial charge in [0.1, 0.15) is 4.90 Å². The van der Waals surface area contributed by atoms with Gasteiger partial charge in [-0.2, -0.15) is 0 Å². The number of nitrogens with two attached hydrogens (primary N) is 1. The van der Waals surface area contributed by atoms with Gasteiger partial charge in [-0.15, -0.1) is 12.4 Å². The van der Waals surface area contributed by atoms with E-state index >= 15 is 0 Å². The Bertz CT molecular complexity index is 462. The third-order valence-electron chi connectivity index (χ3n) is 1.90. The van der Waals surface area contributed by atoms with Crippen molar-refractivity contribution in [3.05, 3.63) is 27.7 Å². The van der Waals surface area contributed by atoms with Gasteiger partial charge in [0, 0.05) is 17.1 Å². The van der Waals surface area contributed by atoms with Gasteiger partial charge in [0.15, 0.2) is 0 Å². The Morgan fingerprint density at radius 3 is 2.59 bits per heavy atom. The second kappa shape index (κ2) is 6.92. The van der Waals surface area contributed by atoms with Crippen LogP contribution in [0.15, 0.2) is 27.6 Å². The number of rotatable bonds is 4. The van der Waals surface area contributed by atoms with Gasteiger partial charge in [-0.1, -0.05) is 17.7 Å². The SMILES string of the molecule is C[C@@H](CN)NS(=O)(=O)c1c(Cl)cccc1Br.Cl. The summed E-state index contributed by atoms with van der Waals surface area (Å²) in [5.41, 5.74) is 5.36. The zero-order valence-corrected chi connectivity index (χ0v) is 13.0. The molecule has 0 radical (unpaired) electrons. The van der Waals surface area contributed by atoms with Gasteiger partial charge in [-0.25, -0.2) is 13.1 Å². The molecule has 1 rings (SSSR count). The molecule has 0 amide bonds. The monoisotopic (exact) mass is 362 g/mol. The number of halogens is 3. The molecule has 3 N–H and O–H groups in total. The zero-order chi connectivity index (χ0) is 12.3. The smallest absolute Gasteiger partial charge is 0.243 e. The Kier molecular flexibility index (Phi) is 6.98. The first kappa shape index (κ1) is 17.2. The molecule has 0 aromatic heterocycles.